The zero-order valence-corrected chi connectivity index (χ0v) is 14.1. The van der Waals surface area contributed by atoms with E-state index in [1.807, 2.05) is 0 Å². The number of aliphatic hydroxyl groups excluding tert-OH is 1. The van der Waals surface area contributed by atoms with E-state index in [1.54, 1.807) is 7.11 Å². The average Bonchev–Trinajstić information content (AvgIpc) is 2.45. The summed E-state index contributed by atoms with van der Waals surface area (Å²) in [7, 11) is 1.67. The molecule has 0 bridgehead atoms. The Labute approximate surface area is 130 Å². The highest BCUT2D eigenvalue weighted by atomic mass is 16.5. The minimum atomic E-state index is -0.415. The minimum Gasteiger partial charge on any atom is -0.389 e. The van der Waals surface area contributed by atoms with Crippen molar-refractivity contribution in [1.29, 1.82) is 0 Å². The van der Waals surface area contributed by atoms with E-state index >= 15 is 0 Å². The normalized spacial score (nSPS) is 13.0. The average molecular weight is 305 g/mol. The van der Waals surface area contributed by atoms with Crippen LogP contribution in [0, 0.1) is 5.92 Å². The summed E-state index contributed by atoms with van der Waals surface area (Å²) >= 11 is 0. The molecule has 0 radical (unpaired) electrons. The Balaban J connectivity index is 3.14. The van der Waals surface area contributed by atoms with Crippen LogP contribution in [0.1, 0.15) is 39.5 Å². The predicted molar refractivity (Wildman–Crippen MR) is 85.7 cm³/mol. The second-order valence-corrected chi connectivity index (χ2v) is 5.78. The SMILES string of the molecule is COCCOCCCCNCC(O)COCCCC(C)C. The molecule has 0 aromatic heterocycles. The number of hydrogen-bond donors (Lipinski definition) is 2. The highest BCUT2D eigenvalue weighted by Crippen LogP contribution is 2.03. The highest BCUT2D eigenvalue weighted by Gasteiger charge is 2.03. The molecule has 0 aliphatic carbocycles. The van der Waals surface area contributed by atoms with Crippen LogP contribution in [0.3, 0.4) is 0 Å². The molecule has 1 atom stereocenters. The summed E-state index contributed by atoms with van der Waals surface area (Å²) in [5.74, 6) is 0.721. The van der Waals surface area contributed by atoms with E-state index in [4.69, 9.17) is 14.2 Å². The van der Waals surface area contributed by atoms with Crippen LogP contribution >= 0.6 is 0 Å². The maximum Gasteiger partial charge on any atom is 0.0897 e. The van der Waals surface area contributed by atoms with Gasteiger partial charge in [0.05, 0.1) is 25.9 Å². The van der Waals surface area contributed by atoms with E-state index in [0.29, 0.717) is 26.4 Å². The maximum atomic E-state index is 9.73. The first-order valence-electron chi connectivity index (χ1n) is 8.20. The molecule has 0 saturated carbocycles. The number of rotatable bonds is 16. The minimum absolute atomic E-state index is 0.415. The Morgan fingerprint density at radius 1 is 0.952 bits per heavy atom. The molecule has 1 unspecified atom stereocenters. The molecule has 0 rings (SSSR count). The van der Waals surface area contributed by atoms with Crippen LogP contribution < -0.4 is 5.32 Å². The molecule has 0 amide bonds. The first kappa shape index (κ1) is 20.8. The van der Waals surface area contributed by atoms with Gasteiger partial charge in [0, 0.05) is 26.9 Å². The van der Waals surface area contributed by atoms with E-state index in [2.05, 4.69) is 19.2 Å². The van der Waals surface area contributed by atoms with Gasteiger partial charge in [-0.25, -0.2) is 0 Å². The van der Waals surface area contributed by atoms with Gasteiger partial charge < -0.3 is 24.6 Å². The van der Waals surface area contributed by atoms with E-state index < -0.39 is 6.10 Å². The van der Waals surface area contributed by atoms with Crippen molar-refractivity contribution >= 4 is 0 Å². The van der Waals surface area contributed by atoms with Crippen molar-refractivity contribution in [3.63, 3.8) is 0 Å². The quantitative estimate of drug-likeness (QED) is 0.426. The lowest BCUT2D eigenvalue weighted by Gasteiger charge is -2.13. The van der Waals surface area contributed by atoms with Crippen molar-refractivity contribution in [2.45, 2.75) is 45.6 Å². The van der Waals surface area contributed by atoms with Crippen molar-refractivity contribution in [3.8, 4) is 0 Å². The summed E-state index contributed by atoms with van der Waals surface area (Å²) < 4.78 is 15.7. The third-order valence-corrected chi connectivity index (χ3v) is 3.08. The van der Waals surface area contributed by atoms with Gasteiger partial charge in [-0.15, -0.1) is 0 Å². The van der Waals surface area contributed by atoms with Gasteiger partial charge in [-0.3, -0.25) is 0 Å². The second-order valence-electron chi connectivity index (χ2n) is 5.78. The van der Waals surface area contributed by atoms with Gasteiger partial charge in [0.25, 0.3) is 0 Å². The van der Waals surface area contributed by atoms with Gasteiger partial charge in [0.2, 0.25) is 0 Å². The lowest BCUT2D eigenvalue weighted by Crippen LogP contribution is -2.31. The molecule has 2 N–H and O–H groups in total. The molecule has 5 heteroatoms. The first-order chi connectivity index (χ1) is 10.2. The third kappa shape index (κ3) is 17.7. The topological polar surface area (TPSA) is 60.0 Å². The van der Waals surface area contributed by atoms with Crippen LogP contribution in [0.5, 0.6) is 0 Å². The van der Waals surface area contributed by atoms with Crippen molar-refractivity contribution in [2.75, 3.05) is 53.2 Å². The number of ether oxygens (including phenoxy) is 3. The zero-order chi connectivity index (χ0) is 15.8. The van der Waals surface area contributed by atoms with Crippen molar-refractivity contribution in [1.82, 2.24) is 5.32 Å². The Morgan fingerprint density at radius 3 is 2.43 bits per heavy atom. The lowest BCUT2D eigenvalue weighted by molar-refractivity contribution is 0.0346. The Kier molecular flexibility index (Phi) is 16.0. The van der Waals surface area contributed by atoms with Crippen LogP contribution in [-0.2, 0) is 14.2 Å². The monoisotopic (exact) mass is 305 g/mol. The van der Waals surface area contributed by atoms with Crippen LogP contribution in [0.2, 0.25) is 0 Å². The number of hydrogen-bond acceptors (Lipinski definition) is 5. The molecule has 21 heavy (non-hydrogen) atoms. The van der Waals surface area contributed by atoms with Gasteiger partial charge in [0.15, 0.2) is 0 Å². The third-order valence-electron chi connectivity index (χ3n) is 3.08. The Morgan fingerprint density at radius 2 is 1.71 bits per heavy atom. The van der Waals surface area contributed by atoms with Crippen molar-refractivity contribution in [3.05, 3.63) is 0 Å². The fourth-order valence-electron chi connectivity index (χ4n) is 1.84. The van der Waals surface area contributed by atoms with E-state index in [1.165, 1.54) is 6.42 Å². The fourth-order valence-corrected chi connectivity index (χ4v) is 1.84. The summed E-state index contributed by atoms with van der Waals surface area (Å²) in [5.41, 5.74) is 0. The Hall–Kier alpha value is -0.200. The number of aliphatic hydroxyl groups is 1. The van der Waals surface area contributed by atoms with Crippen LogP contribution in [0.4, 0.5) is 0 Å². The summed E-state index contributed by atoms with van der Waals surface area (Å²) in [6, 6.07) is 0. The molecular weight excluding hydrogens is 270 g/mol. The maximum absolute atomic E-state index is 9.73. The van der Waals surface area contributed by atoms with Crippen LogP contribution in [0.15, 0.2) is 0 Å². The van der Waals surface area contributed by atoms with Crippen LogP contribution in [0.25, 0.3) is 0 Å². The summed E-state index contributed by atoms with van der Waals surface area (Å²) in [6.07, 6.45) is 3.91. The van der Waals surface area contributed by atoms with Crippen molar-refractivity contribution in [2.24, 2.45) is 5.92 Å². The van der Waals surface area contributed by atoms with Gasteiger partial charge in [-0.05, 0) is 38.1 Å². The molecule has 0 fully saturated rings. The summed E-state index contributed by atoms with van der Waals surface area (Å²) in [4.78, 5) is 0. The predicted octanol–water partition coefficient (Wildman–Crippen LogP) is 1.83. The molecule has 128 valence electrons. The molecule has 0 heterocycles. The largest absolute Gasteiger partial charge is 0.389 e. The molecule has 5 nitrogen and oxygen atoms in total. The molecule has 0 saturated heterocycles. The second kappa shape index (κ2) is 16.2. The molecule has 0 aliphatic rings. The standard InChI is InChI=1S/C16H35NO4/c1-15(2)7-6-10-21-14-16(18)13-17-8-4-5-9-20-12-11-19-3/h15-18H,4-14H2,1-3H3. The van der Waals surface area contributed by atoms with E-state index in [0.717, 1.165) is 44.9 Å². The molecule has 0 aromatic rings. The van der Waals surface area contributed by atoms with Gasteiger partial charge in [-0.1, -0.05) is 13.8 Å². The first-order valence-corrected chi connectivity index (χ1v) is 8.20. The molecular formula is C16H35NO4. The number of methoxy groups -OCH3 is 1. The Bertz CT molecular complexity index is 203. The van der Waals surface area contributed by atoms with Crippen molar-refractivity contribution < 1.29 is 19.3 Å². The molecule has 0 aromatic carbocycles. The van der Waals surface area contributed by atoms with Crippen LogP contribution in [-0.4, -0.2) is 64.4 Å². The molecule has 0 spiro atoms. The number of unbranched alkanes of at least 4 members (excludes halogenated alkanes) is 1. The highest BCUT2D eigenvalue weighted by molar-refractivity contribution is 4.58. The van der Waals surface area contributed by atoms with Gasteiger partial charge in [-0.2, -0.15) is 0 Å². The number of nitrogens with one attached hydrogen (secondary N) is 1. The zero-order valence-electron chi connectivity index (χ0n) is 14.1. The van der Waals surface area contributed by atoms with Gasteiger partial charge >= 0.3 is 0 Å². The summed E-state index contributed by atoms with van der Waals surface area (Å²) in [6.45, 7) is 9.17. The summed E-state index contributed by atoms with van der Waals surface area (Å²) in [5, 5.41) is 13.0. The molecule has 0 aliphatic heterocycles. The van der Waals surface area contributed by atoms with E-state index in [9.17, 15) is 5.11 Å². The fraction of sp³-hybridized carbons (Fsp3) is 1.00. The smallest absolute Gasteiger partial charge is 0.0897 e. The lowest BCUT2D eigenvalue weighted by atomic mass is 10.1. The van der Waals surface area contributed by atoms with Gasteiger partial charge in [0.1, 0.15) is 0 Å². The van der Waals surface area contributed by atoms with E-state index in [-0.39, 0.29) is 0 Å².